The van der Waals surface area contributed by atoms with E-state index < -0.39 is 29.5 Å². The maximum Gasteiger partial charge on any atom is 0.316 e. The Hall–Kier alpha value is -1.54. The molecule has 0 bridgehead atoms. The van der Waals surface area contributed by atoms with Crippen LogP contribution in [0, 0.1) is 11.8 Å². The predicted molar refractivity (Wildman–Crippen MR) is 99.9 cm³/mol. The zero-order valence-electron chi connectivity index (χ0n) is 17.2. The van der Waals surface area contributed by atoms with Gasteiger partial charge in [0.15, 0.2) is 11.4 Å². The first kappa shape index (κ1) is 23.5. The molecule has 0 aliphatic heterocycles. The van der Waals surface area contributed by atoms with Crippen molar-refractivity contribution in [2.45, 2.75) is 45.3 Å². The zero-order valence-corrected chi connectivity index (χ0v) is 17.2. The summed E-state index contributed by atoms with van der Waals surface area (Å²) in [6.45, 7) is 9.49. The Morgan fingerprint density at radius 2 is 1.81 bits per heavy atom. The highest BCUT2D eigenvalue weighted by molar-refractivity contribution is 6.05. The van der Waals surface area contributed by atoms with Crippen LogP contribution in [0.2, 0.25) is 0 Å². The molecule has 27 heavy (non-hydrogen) atoms. The van der Waals surface area contributed by atoms with Gasteiger partial charge in [-0.25, -0.2) is 0 Å². The summed E-state index contributed by atoms with van der Waals surface area (Å²) >= 11 is 0. The van der Waals surface area contributed by atoms with Crippen molar-refractivity contribution in [1.82, 2.24) is 0 Å². The highest BCUT2D eigenvalue weighted by Crippen LogP contribution is 2.43. The molecule has 0 amide bonds. The van der Waals surface area contributed by atoms with Gasteiger partial charge < -0.3 is 23.7 Å². The molecular formula is C20H32O7. The van der Waals surface area contributed by atoms with Gasteiger partial charge >= 0.3 is 5.97 Å². The standard InChI is InChI=1S/C20H32O7/c1-13(2)8-9-20(27-12-24-6)16(26-11-23-5)10-15(14(3)4)17(18(20)21)19(22)25-7/h8,15-17H,3,9-12H2,1-2,4-7H3/t15-,16+,17-,20+/m0/s1. The fourth-order valence-corrected chi connectivity index (χ4v) is 3.37. The number of ketones is 1. The highest BCUT2D eigenvalue weighted by Gasteiger charge is 2.58. The molecule has 1 saturated carbocycles. The van der Waals surface area contributed by atoms with Gasteiger partial charge in [0, 0.05) is 26.6 Å². The molecule has 0 aromatic rings. The topological polar surface area (TPSA) is 80.3 Å². The SMILES string of the molecule is C=C(C)[C@@H]1C[C@@H](OCOC)[C@@](CC=C(C)C)(OCOC)C(=O)[C@H]1C(=O)OC. The van der Waals surface area contributed by atoms with Gasteiger partial charge in [0.1, 0.15) is 19.5 Å². The van der Waals surface area contributed by atoms with Crippen LogP contribution in [0.5, 0.6) is 0 Å². The minimum absolute atomic E-state index is 0.00331. The Kier molecular flexibility index (Phi) is 9.32. The molecule has 0 spiro atoms. The summed E-state index contributed by atoms with van der Waals surface area (Å²) in [5.74, 6) is -2.39. The van der Waals surface area contributed by atoms with Crippen molar-refractivity contribution in [3.8, 4) is 0 Å². The van der Waals surface area contributed by atoms with Crippen LogP contribution >= 0.6 is 0 Å². The fourth-order valence-electron chi connectivity index (χ4n) is 3.37. The zero-order chi connectivity index (χ0) is 20.6. The molecule has 7 nitrogen and oxygen atoms in total. The molecule has 1 aliphatic rings. The van der Waals surface area contributed by atoms with E-state index in [9.17, 15) is 9.59 Å². The van der Waals surface area contributed by atoms with E-state index in [1.165, 1.54) is 21.3 Å². The van der Waals surface area contributed by atoms with E-state index in [1.54, 1.807) is 6.92 Å². The average Bonchev–Trinajstić information content (AvgIpc) is 2.63. The lowest BCUT2D eigenvalue weighted by molar-refractivity contribution is -0.224. The number of rotatable bonds is 10. The van der Waals surface area contributed by atoms with Gasteiger partial charge in [-0.1, -0.05) is 23.8 Å². The summed E-state index contributed by atoms with van der Waals surface area (Å²) in [6, 6.07) is 0. The maximum atomic E-state index is 13.6. The summed E-state index contributed by atoms with van der Waals surface area (Å²) in [4.78, 5) is 26.0. The van der Waals surface area contributed by atoms with E-state index in [2.05, 4.69) is 6.58 Å². The number of allylic oxidation sites excluding steroid dienone is 2. The molecule has 4 atom stereocenters. The van der Waals surface area contributed by atoms with E-state index >= 15 is 0 Å². The first-order valence-corrected chi connectivity index (χ1v) is 8.89. The van der Waals surface area contributed by atoms with Gasteiger partial charge in [-0.05, 0) is 27.2 Å². The lowest BCUT2D eigenvalue weighted by atomic mass is 9.65. The largest absolute Gasteiger partial charge is 0.468 e. The van der Waals surface area contributed by atoms with E-state index in [0.29, 0.717) is 12.0 Å². The highest BCUT2D eigenvalue weighted by atomic mass is 16.7. The molecule has 154 valence electrons. The Morgan fingerprint density at radius 1 is 1.19 bits per heavy atom. The minimum Gasteiger partial charge on any atom is -0.468 e. The van der Waals surface area contributed by atoms with Crippen molar-refractivity contribution < 1.29 is 33.3 Å². The molecule has 7 heteroatoms. The van der Waals surface area contributed by atoms with Gasteiger partial charge in [-0.15, -0.1) is 0 Å². The number of carbonyl (C=O) groups is 2. The number of methoxy groups -OCH3 is 3. The smallest absolute Gasteiger partial charge is 0.316 e. The molecule has 1 aliphatic carbocycles. The van der Waals surface area contributed by atoms with Crippen molar-refractivity contribution in [3.63, 3.8) is 0 Å². The summed E-state index contributed by atoms with van der Waals surface area (Å²) in [7, 11) is 4.25. The lowest BCUT2D eigenvalue weighted by Crippen LogP contribution is -2.62. The molecule has 0 unspecified atom stereocenters. The van der Waals surface area contributed by atoms with E-state index in [1.807, 2.05) is 19.9 Å². The van der Waals surface area contributed by atoms with Gasteiger partial charge in [0.05, 0.1) is 13.2 Å². The summed E-state index contributed by atoms with van der Waals surface area (Å²) in [6.07, 6.45) is 1.90. The van der Waals surface area contributed by atoms with Crippen molar-refractivity contribution in [2.75, 3.05) is 34.9 Å². The quantitative estimate of drug-likeness (QED) is 0.248. The summed E-state index contributed by atoms with van der Waals surface area (Å²) < 4.78 is 26.8. The minimum atomic E-state index is -1.38. The number of Topliss-reactive ketones (excluding diaryl/α,β-unsaturated/α-hetero) is 1. The van der Waals surface area contributed by atoms with E-state index in [-0.39, 0.29) is 25.8 Å². The average molecular weight is 384 g/mol. The van der Waals surface area contributed by atoms with Gasteiger partial charge in [-0.3, -0.25) is 9.59 Å². The Balaban J connectivity index is 3.47. The van der Waals surface area contributed by atoms with Crippen molar-refractivity contribution in [3.05, 3.63) is 23.8 Å². The van der Waals surface area contributed by atoms with Crippen LogP contribution in [-0.4, -0.2) is 58.4 Å². The Morgan fingerprint density at radius 3 is 2.30 bits per heavy atom. The molecule has 1 rings (SSSR count). The van der Waals surface area contributed by atoms with Crippen molar-refractivity contribution in [2.24, 2.45) is 11.8 Å². The molecular weight excluding hydrogens is 352 g/mol. The van der Waals surface area contributed by atoms with Crippen LogP contribution in [0.1, 0.15) is 33.6 Å². The van der Waals surface area contributed by atoms with Crippen LogP contribution in [0.25, 0.3) is 0 Å². The van der Waals surface area contributed by atoms with Crippen molar-refractivity contribution >= 4 is 11.8 Å². The van der Waals surface area contributed by atoms with E-state index in [4.69, 9.17) is 23.7 Å². The van der Waals surface area contributed by atoms with E-state index in [0.717, 1.165) is 5.57 Å². The number of hydrogen-bond donors (Lipinski definition) is 0. The van der Waals surface area contributed by atoms with Crippen LogP contribution in [0.4, 0.5) is 0 Å². The van der Waals surface area contributed by atoms with Gasteiger partial charge in [0.25, 0.3) is 0 Å². The van der Waals surface area contributed by atoms with Crippen LogP contribution in [0.15, 0.2) is 23.8 Å². The summed E-state index contributed by atoms with van der Waals surface area (Å²) in [5.41, 5.74) is 0.356. The Labute approximate surface area is 161 Å². The van der Waals surface area contributed by atoms with Crippen LogP contribution in [-0.2, 0) is 33.3 Å². The molecule has 0 saturated heterocycles. The second-order valence-corrected chi connectivity index (χ2v) is 7.04. The number of ether oxygens (including phenoxy) is 5. The van der Waals surface area contributed by atoms with Crippen molar-refractivity contribution in [1.29, 1.82) is 0 Å². The normalized spacial score (nSPS) is 27.9. The second-order valence-electron chi connectivity index (χ2n) is 7.04. The maximum absolute atomic E-state index is 13.6. The first-order chi connectivity index (χ1) is 12.7. The second kappa shape index (κ2) is 10.7. The molecule has 0 aromatic heterocycles. The molecule has 0 aromatic carbocycles. The lowest BCUT2D eigenvalue weighted by Gasteiger charge is -2.46. The summed E-state index contributed by atoms with van der Waals surface area (Å²) in [5, 5.41) is 0. The van der Waals surface area contributed by atoms with Crippen LogP contribution < -0.4 is 0 Å². The third kappa shape index (κ3) is 5.48. The molecule has 1 fully saturated rings. The third-order valence-electron chi connectivity index (χ3n) is 4.81. The molecule has 0 N–H and O–H groups in total. The molecule has 0 heterocycles. The number of esters is 1. The monoisotopic (exact) mass is 384 g/mol. The third-order valence-corrected chi connectivity index (χ3v) is 4.81. The Bertz CT molecular complexity index is 565. The first-order valence-electron chi connectivity index (χ1n) is 8.89. The van der Waals surface area contributed by atoms with Gasteiger partial charge in [0.2, 0.25) is 0 Å². The van der Waals surface area contributed by atoms with Crippen LogP contribution in [0.3, 0.4) is 0 Å². The number of carbonyl (C=O) groups excluding carboxylic acids is 2. The molecule has 0 radical (unpaired) electrons. The predicted octanol–water partition coefficient (Wildman–Crippen LogP) is 2.65. The fraction of sp³-hybridized carbons (Fsp3) is 0.700. The number of hydrogen-bond acceptors (Lipinski definition) is 7. The van der Waals surface area contributed by atoms with Gasteiger partial charge in [-0.2, -0.15) is 0 Å².